The highest BCUT2D eigenvalue weighted by Crippen LogP contribution is 2.31. The van der Waals surface area contributed by atoms with Crippen LogP contribution in [0, 0.1) is 10.1 Å². The lowest BCUT2D eigenvalue weighted by Gasteiger charge is -2.18. The summed E-state index contributed by atoms with van der Waals surface area (Å²) < 4.78 is 0. The molecule has 0 fully saturated rings. The van der Waals surface area contributed by atoms with E-state index in [1.807, 2.05) is 0 Å². The number of nitro groups is 1. The Balaban J connectivity index is 2.10. The second kappa shape index (κ2) is 5.37. The minimum absolute atomic E-state index is 0.0189. The molecule has 6 heteroatoms. The van der Waals surface area contributed by atoms with Gasteiger partial charge in [-0.25, -0.2) is 0 Å². The zero-order valence-electron chi connectivity index (χ0n) is 11.0. The van der Waals surface area contributed by atoms with E-state index < -0.39 is 4.92 Å². The Morgan fingerprint density at radius 1 is 1.19 bits per heavy atom. The number of nitrogens with zero attached hydrogens (tertiary/aromatic N) is 2. The van der Waals surface area contributed by atoms with Crippen LogP contribution < -0.4 is 0 Å². The number of pyridine rings is 1. The number of benzene rings is 1. The van der Waals surface area contributed by atoms with Crippen LogP contribution in [0.2, 0.25) is 0 Å². The Labute approximate surface area is 129 Å². The second-order valence-electron chi connectivity index (χ2n) is 4.84. The molecule has 1 aliphatic rings. The molecular weight excluding hydrogens is 336 g/mol. The van der Waals surface area contributed by atoms with Crippen molar-refractivity contribution in [3.8, 4) is 11.3 Å². The Bertz CT molecular complexity index is 745. The molecule has 0 N–H and O–H groups in total. The number of ketones is 1. The zero-order valence-corrected chi connectivity index (χ0v) is 12.5. The van der Waals surface area contributed by atoms with Crippen LogP contribution in [-0.4, -0.2) is 20.5 Å². The maximum atomic E-state index is 12.0. The maximum absolute atomic E-state index is 12.0. The van der Waals surface area contributed by atoms with E-state index >= 15 is 0 Å². The van der Waals surface area contributed by atoms with Crippen LogP contribution in [0.4, 0.5) is 5.69 Å². The standard InChI is InChI=1S/C15H11BrN2O3/c16-11-6-8-13-10(15(11)19)5-7-12(17-13)9-3-1-2-4-14(9)18(20)21/h1-5,7,11H,6,8H2/t11-/m1/s1. The molecule has 0 unspecified atom stereocenters. The zero-order chi connectivity index (χ0) is 15.0. The molecule has 1 aromatic heterocycles. The number of aromatic nitrogens is 1. The van der Waals surface area contributed by atoms with Gasteiger partial charge < -0.3 is 0 Å². The molecular formula is C15H11BrN2O3. The van der Waals surface area contributed by atoms with Crippen molar-refractivity contribution in [1.82, 2.24) is 4.98 Å². The fourth-order valence-electron chi connectivity index (χ4n) is 2.48. The molecule has 1 aromatic carbocycles. The number of carbonyl (C=O) groups is 1. The monoisotopic (exact) mass is 346 g/mol. The smallest absolute Gasteiger partial charge is 0.278 e. The van der Waals surface area contributed by atoms with Gasteiger partial charge in [-0.1, -0.05) is 28.1 Å². The van der Waals surface area contributed by atoms with Gasteiger partial charge in [-0.05, 0) is 31.0 Å². The number of nitro benzene ring substituents is 1. The molecule has 0 bridgehead atoms. The molecule has 3 rings (SSSR count). The van der Waals surface area contributed by atoms with Gasteiger partial charge in [-0.3, -0.25) is 19.9 Å². The summed E-state index contributed by atoms with van der Waals surface area (Å²) in [6, 6.07) is 9.87. The SMILES string of the molecule is O=C1c2ccc(-c3ccccc3[N+](=O)[O-])nc2CC[C@H]1Br. The van der Waals surface area contributed by atoms with Crippen molar-refractivity contribution in [3.63, 3.8) is 0 Å². The summed E-state index contributed by atoms with van der Waals surface area (Å²) in [5.41, 5.74) is 2.34. The van der Waals surface area contributed by atoms with Crippen LogP contribution in [0.5, 0.6) is 0 Å². The molecule has 0 radical (unpaired) electrons. The van der Waals surface area contributed by atoms with E-state index in [4.69, 9.17) is 0 Å². The van der Waals surface area contributed by atoms with E-state index in [-0.39, 0.29) is 16.3 Å². The number of fused-ring (bicyclic) bond motifs is 1. The second-order valence-corrected chi connectivity index (χ2v) is 5.94. The van der Waals surface area contributed by atoms with Crippen LogP contribution in [0.1, 0.15) is 22.5 Å². The summed E-state index contributed by atoms with van der Waals surface area (Å²) in [5.74, 6) is 0.0258. The van der Waals surface area contributed by atoms with Crippen LogP contribution in [0.15, 0.2) is 36.4 Å². The maximum Gasteiger partial charge on any atom is 0.278 e. The Morgan fingerprint density at radius 2 is 1.95 bits per heavy atom. The highest BCUT2D eigenvalue weighted by atomic mass is 79.9. The van der Waals surface area contributed by atoms with Gasteiger partial charge >= 0.3 is 0 Å². The molecule has 1 heterocycles. The molecule has 5 nitrogen and oxygen atoms in total. The lowest BCUT2D eigenvalue weighted by atomic mass is 9.94. The van der Waals surface area contributed by atoms with Gasteiger partial charge in [0.15, 0.2) is 5.78 Å². The number of alkyl halides is 1. The third-order valence-electron chi connectivity index (χ3n) is 3.54. The third kappa shape index (κ3) is 2.47. The van der Waals surface area contributed by atoms with Crippen molar-refractivity contribution in [1.29, 1.82) is 0 Å². The number of Topliss-reactive ketones (excluding diaryl/α,β-unsaturated/α-hetero) is 1. The molecule has 0 aliphatic heterocycles. The van der Waals surface area contributed by atoms with Crippen molar-refractivity contribution in [2.75, 3.05) is 0 Å². The molecule has 0 saturated heterocycles. The summed E-state index contributed by atoms with van der Waals surface area (Å²) in [5, 5.41) is 11.1. The predicted octanol–water partition coefficient (Wildman–Crippen LogP) is 3.55. The third-order valence-corrected chi connectivity index (χ3v) is 4.41. The summed E-state index contributed by atoms with van der Waals surface area (Å²) in [6.07, 6.45) is 1.38. The first-order valence-electron chi connectivity index (χ1n) is 6.50. The van der Waals surface area contributed by atoms with Crippen LogP contribution >= 0.6 is 15.9 Å². The van der Waals surface area contributed by atoms with Crippen molar-refractivity contribution in [3.05, 3.63) is 57.8 Å². The normalized spacial score (nSPS) is 17.4. The fourth-order valence-corrected chi connectivity index (χ4v) is 2.95. The number of hydrogen-bond donors (Lipinski definition) is 0. The van der Waals surface area contributed by atoms with E-state index in [2.05, 4.69) is 20.9 Å². The molecule has 106 valence electrons. The Kier molecular flexibility index (Phi) is 3.55. The highest BCUT2D eigenvalue weighted by molar-refractivity contribution is 9.10. The number of rotatable bonds is 2. The minimum atomic E-state index is -0.421. The van der Waals surface area contributed by atoms with E-state index in [0.29, 0.717) is 35.4 Å². The first-order valence-corrected chi connectivity index (χ1v) is 7.41. The average Bonchev–Trinajstić information content (AvgIpc) is 2.50. The number of halogens is 1. The first kappa shape index (κ1) is 13.9. The van der Waals surface area contributed by atoms with Crippen molar-refractivity contribution < 1.29 is 9.72 Å². The van der Waals surface area contributed by atoms with Crippen molar-refractivity contribution in [2.24, 2.45) is 0 Å². The molecule has 0 saturated carbocycles. The summed E-state index contributed by atoms with van der Waals surface area (Å²) in [6.45, 7) is 0. The van der Waals surface area contributed by atoms with Crippen LogP contribution in [0.3, 0.4) is 0 Å². The van der Waals surface area contributed by atoms with E-state index in [1.165, 1.54) is 6.07 Å². The molecule has 1 aliphatic carbocycles. The summed E-state index contributed by atoms with van der Waals surface area (Å²) in [4.78, 5) is 27.0. The van der Waals surface area contributed by atoms with Gasteiger partial charge in [0.25, 0.3) is 5.69 Å². The number of aryl methyl sites for hydroxylation is 1. The lowest BCUT2D eigenvalue weighted by molar-refractivity contribution is -0.384. The molecule has 21 heavy (non-hydrogen) atoms. The topological polar surface area (TPSA) is 73.1 Å². The van der Waals surface area contributed by atoms with Crippen molar-refractivity contribution in [2.45, 2.75) is 17.7 Å². The molecule has 0 spiro atoms. The largest absolute Gasteiger partial charge is 0.293 e. The predicted molar refractivity (Wildman–Crippen MR) is 81.7 cm³/mol. The Morgan fingerprint density at radius 3 is 2.71 bits per heavy atom. The summed E-state index contributed by atoms with van der Waals surface area (Å²) in [7, 11) is 0. The van der Waals surface area contributed by atoms with Gasteiger partial charge in [0.05, 0.1) is 26.7 Å². The minimum Gasteiger partial charge on any atom is -0.293 e. The van der Waals surface area contributed by atoms with E-state index in [9.17, 15) is 14.9 Å². The molecule has 0 amide bonds. The molecule has 1 atom stereocenters. The van der Waals surface area contributed by atoms with Gasteiger partial charge in [0, 0.05) is 11.6 Å². The summed E-state index contributed by atoms with van der Waals surface area (Å²) >= 11 is 3.35. The first-order chi connectivity index (χ1) is 10.1. The van der Waals surface area contributed by atoms with Crippen molar-refractivity contribution >= 4 is 27.4 Å². The van der Waals surface area contributed by atoms with Crippen LogP contribution in [-0.2, 0) is 6.42 Å². The average molecular weight is 347 g/mol. The fraction of sp³-hybridized carbons (Fsp3) is 0.200. The highest BCUT2D eigenvalue weighted by Gasteiger charge is 2.27. The molecule has 2 aromatic rings. The van der Waals surface area contributed by atoms with Gasteiger partial charge in [-0.2, -0.15) is 0 Å². The van der Waals surface area contributed by atoms with Gasteiger partial charge in [-0.15, -0.1) is 0 Å². The van der Waals surface area contributed by atoms with E-state index in [1.54, 1.807) is 30.3 Å². The number of para-hydroxylation sites is 1. The number of carbonyl (C=O) groups excluding carboxylic acids is 1. The lowest BCUT2D eigenvalue weighted by Crippen LogP contribution is -2.23. The van der Waals surface area contributed by atoms with Gasteiger partial charge in [0.2, 0.25) is 0 Å². The quantitative estimate of drug-likeness (QED) is 0.473. The van der Waals surface area contributed by atoms with E-state index in [0.717, 1.165) is 0 Å². The van der Waals surface area contributed by atoms with Crippen LogP contribution in [0.25, 0.3) is 11.3 Å². The van der Waals surface area contributed by atoms with Gasteiger partial charge in [0.1, 0.15) is 0 Å². The Hall–Kier alpha value is -2.08. The number of hydrogen-bond acceptors (Lipinski definition) is 4.